The van der Waals surface area contributed by atoms with Crippen LogP contribution in [0.1, 0.15) is 31.1 Å². The molecule has 23 heavy (non-hydrogen) atoms. The number of hydrogen-bond donors (Lipinski definition) is 0. The summed E-state index contributed by atoms with van der Waals surface area (Å²) in [6.45, 7) is 0. The Hall–Kier alpha value is -2.78. The van der Waals surface area contributed by atoms with Crippen molar-refractivity contribution in [2.75, 3.05) is 21.3 Å². The maximum absolute atomic E-state index is 12.5. The fourth-order valence-corrected chi connectivity index (χ4v) is 1.61. The lowest BCUT2D eigenvalue weighted by molar-refractivity contribution is -0.274. The van der Waals surface area contributed by atoms with E-state index in [-0.39, 0.29) is 5.56 Å². The van der Waals surface area contributed by atoms with E-state index >= 15 is 0 Å². The quantitative estimate of drug-likeness (QED) is 0.613. The summed E-state index contributed by atoms with van der Waals surface area (Å²) in [6, 6.07) is 1.51. The molecule has 0 radical (unpaired) electrons. The van der Waals surface area contributed by atoms with E-state index in [1.807, 2.05) is 0 Å². The maximum atomic E-state index is 12.5. The molecule has 1 aromatic rings. The van der Waals surface area contributed by atoms with Gasteiger partial charge in [-0.2, -0.15) is 0 Å². The molecule has 0 saturated carbocycles. The van der Waals surface area contributed by atoms with Gasteiger partial charge in [0.25, 0.3) is 0 Å². The number of benzene rings is 1. The Morgan fingerprint density at radius 2 is 1.22 bits per heavy atom. The Bertz CT molecular complexity index is 600. The first-order valence-corrected chi connectivity index (χ1v) is 5.83. The monoisotopic (exact) mass is 336 g/mol. The Kier molecular flexibility index (Phi) is 5.55. The van der Waals surface area contributed by atoms with Crippen LogP contribution < -0.4 is 4.74 Å². The third-order valence-corrected chi connectivity index (χ3v) is 2.54. The molecular formula is C13H11F3O7. The second-order valence-electron chi connectivity index (χ2n) is 3.92. The summed E-state index contributed by atoms with van der Waals surface area (Å²) >= 11 is 0. The lowest BCUT2D eigenvalue weighted by Crippen LogP contribution is -2.22. The van der Waals surface area contributed by atoms with Gasteiger partial charge in [-0.3, -0.25) is 0 Å². The van der Waals surface area contributed by atoms with Gasteiger partial charge in [0, 0.05) is 0 Å². The first kappa shape index (κ1) is 18.3. The van der Waals surface area contributed by atoms with Crippen LogP contribution in [0.5, 0.6) is 5.75 Å². The van der Waals surface area contributed by atoms with Gasteiger partial charge in [-0.15, -0.1) is 13.2 Å². The summed E-state index contributed by atoms with van der Waals surface area (Å²) in [4.78, 5) is 34.9. The molecule has 0 aromatic heterocycles. The van der Waals surface area contributed by atoms with Crippen LogP contribution in [0.3, 0.4) is 0 Å². The topological polar surface area (TPSA) is 88.1 Å². The molecule has 0 N–H and O–H groups in total. The summed E-state index contributed by atoms with van der Waals surface area (Å²) in [5.74, 6) is -4.62. The van der Waals surface area contributed by atoms with Gasteiger partial charge in [0.1, 0.15) is 11.1 Å². The molecule has 0 fully saturated rings. The molecule has 0 aliphatic heterocycles. The van der Waals surface area contributed by atoms with E-state index in [1.165, 1.54) is 0 Å². The van der Waals surface area contributed by atoms with Crippen molar-refractivity contribution in [3.05, 3.63) is 28.8 Å². The Balaban J connectivity index is 3.69. The molecule has 0 atom stereocenters. The van der Waals surface area contributed by atoms with Crippen LogP contribution in [0.2, 0.25) is 0 Å². The van der Waals surface area contributed by atoms with E-state index in [9.17, 15) is 27.6 Å². The third-order valence-electron chi connectivity index (χ3n) is 2.54. The highest BCUT2D eigenvalue weighted by atomic mass is 19.4. The number of rotatable bonds is 4. The first-order valence-electron chi connectivity index (χ1n) is 5.83. The van der Waals surface area contributed by atoms with E-state index in [2.05, 4.69) is 18.9 Å². The molecule has 1 rings (SSSR count). The third kappa shape index (κ3) is 4.34. The fraction of sp³-hybridized carbons (Fsp3) is 0.308. The predicted octanol–water partition coefficient (Wildman–Crippen LogP) is 1.95. The number of esters is 3. The molecule has 0 bridgehead atoms. The minimum absolute atomic E-state index is 0.358. The summed E-state index contributed by atoms with van der Waals surface area (Å²) in [7, 11) is 2.82. The molecule has 126 valence electrons. The van der Waals surface area contributed by atoms with E-state index in [0.717, 1.165) is 33.5 Å². The van der Waals surface area contributed by atoms with Crippen LogP contribution in [-0.4, -0.2) is 45.6 Å². The highest BCUT2D eigenvalue weighted by Gasteiger charge is 2.36. The van der Waals surface area contributed by atoms with Crippen LogP contribution >= 0.6 is 0 Å². The van der Waals surface area contributed by atoms with Crippen molar-refractivity contribution in [1.29, 1.82) is 0 Å². The average molecular weight is 336 g/mol. The molecule has 7 nitrogen and oxygen atoms in total. The van der Waals surface area contributed by atoms with Gasteiger partial charge in [0.15, 0.2) is 5.75 Å². The number of ether oxygens (including phenoxy) is 4. The highest BCUT2D eigenvalue weighted by Crippen LogP contribution is 2.33. The number of carbonyl (C=O) groups excluding carboxylic acids is 3. The van der Waals surface area contributed by atoms with Gasteiger partial charge in [-0.25, -0.2) is 14.4 Å². The van der Waals surface area contributed by atoms with E-state index in [4.69, 9.17) is 0 Å². The Labute approximate surface area is 127 Å². The minimum Gasteiger partial charge on any atom is -0.465 e. The zero-order valence-electron chi connectivity index (χ0n) is 12.1. The minimum atomic E-state index is -5.20. The number of hydrogen-bond acceptors (Lipinski definition) is 7. The molecule has 10 heteroatoms. The van der Waals surface area contributed by atoms with Crippen LogP contribution in [0.25, 0.3) is 0 Å². The van der Waals surface area contributed by atoms with E-state index < -0.39 is 41.1 Å². The lowest BCUT2D eigenvalue weighted by atomic mass is 10.0. The van der Waals surface area contributed by atoms with E-state index in [1.54, 1.807) is 0 Å². The van der Waals surface area contributed by atoms with Gasteiger partial charge < -0.3 is 18.9 Å². The summed E-state index contributed by atoms with van der Waals surface area (Å²) in [5.41, 5.74) is -1.93. The molecule has 1 aromatic carbocycles. The van der Waals surface area contributed by atoms with Crippen molar-refractivity contribution < 1.29 is 46.5 Å². The molecule has 0 aliphatic rings. The van der Waals surface area contributed by atoms with Crippen LogP contribution in [0.15, 0.2) is 12.1 Å². The lowest BCUT2D eigenvalue weighted by Gasteiger charge is -2.16. The van der Waals surface area contributed by atoms with Crippen molar-refractivity contribution in [2.24, 2.45) is 0 Å². The van der Waals surface area contributed by atoms with E-state index in [0.29, 0.717) is 0 Å². The number of halogens is 3. The summed E-state index contributed by atoms with van der Waals surface area (Å²) in [6.07, 6.45) is -5.20. The predicted molar refractivity (Wildman–Crippen MR) is 67.1 cm³/mol. The standard InChI is InChI=1S/C13H11F3O7/c1-20-10(17)6-4-7(11(18)21-2)9(23-13(14,15)16)8(5-6)12(19)22-3/h4-5H,1-3H3. The summed E-state index contributed by atoms with van der Waals surface area (Å²) < 4.78 is 54.4. The molecule has 0 heterocycles. The average Bonchev–Trinajstić information content (AvgIpc) is 2.51. The van der Waals surface area contributed by atoms with Gasteiger partial charge in [-0.05, 0) is 12.1 Å². The molecule has 0 aliphatic carbocycles. The SMILES string of the molecule is COC(=O)c1cc(C(=O)OC)c(OC(F)(F)F)c(C(=O)OC)c1. The largest absolute Gasteiger partial charge is 0.573 e. The Morgan fingerprint density at radius 3 is 1.52 bits per heavy atom. The second-order valence-corrected chi connectivity index (χ2v) is 3.92. The van der Waals surface area contributed by atoms with Crippen LogP contribution in [0, 0.1) is 0 Å². The number of methoxy groups -OCH3 is 3. The van der Waals surface area contributed by atoms with Gasteiger partial charge in [-0.1, -0.05) is 0 Å². The molecule has 0 unspecified atom stereocenters. The van der Waals surface area contributed by atoms with Crippen molar-refractivity contribution in [3.8, 4) is 5.75 Å². The van der Waals surface area contributed by atoms with Crippen LogP contribution in [0.4, 0.5) is 13.2 Å². The van der Waals surface area contributed by atoms with Crippen molar-refractivity contribution in [3.63, 3.8) is 0 Å². The molecule has 0 amide bonds. The van der Waals surface area contributed by atoms with Gasteiger partial charge >= 0.3 is 24.3 Å². The number of alkyl halides is 3. The Morgan fingerprint density at radius 1 is 0.826 bits per heavy atom. The van der Waals surface area contributed by atoms with Crippen molar-refractivity contribution in [1.82, 2.24) is 0 Å². The maximum Gasteiger partial charge on any atom is 0.573 e. The fourth-order valence-electron chi connectivity index (χ4n) is 1.61. The normalized spacial score (nSPS) is 10.7. The number of carbonyl (C=O) groups is 3. The molecular weight excluding hydrogens is 325 g/mol. The first-order chi connectivity index (χ1) is 10.6. The highest BCUT2D eigenvalue weighted by molar-refractivity contribution is 6.04. The van der Waals surface area contributed by atoms with Crippen molar-refractivity contribution in [2.45, 2.75) is 6.36 Å². The zero-order valence-corrected chi connectivity index (χ0v) is 12.1. The molecule has 0 saturated heterocycles. The zero-order chi connectivity index (χ0) is 17.8. The summed E-state index contributed by atoms with van der Waals surface area (Å²) in [5, 5.41) is 0. The van der Waals surface area contributed by atoms with Crippen molar-refractivity contribution >= 4 is 17.9 Å². The van der Waals surface area contributed by atoms with Gasteiger partial charge in [0.2, 0.25) is 0 Å². The van der Waals surface area contributed by atoms with Crippen LogP contribution in [-0.2, 0) is 14.2 Å². The smallest absolute Gasteiger partial charge is 0.465 e. The molecule has 0 spiro atoms. The second kappa shape index (κ2) is 6.99. The van der Waals surface area contributed by atoms with Gasteiger partial charge in [0.05, 0.1) is 26.9 Å².